The van der Waals surface area contributed by atoms with Crippen LogP contribution in [0.4, 0.5) is 0 Å². The van der Waals surface area contributed by atoms with E-state index >= 15 is 0 Å². The Kier molecular flexibility index (Phi) is 4.54. The van der Waals surface area contributed by atoms with Crippen LogP contribution in [-0.4, -0.2) is 18.3 Å². The van der Waals surface area contributed by atoms with E-state index in [-0.39, 0.29) is 0 Å². The predicted octanol–water partition coefficient (Wildman–Crippen LogP) is 3.27. The molecular weight excluding hydrogens is 337 g/mol. The van der Waals surface area contributed by atoms with E-state index < -0.39 is 18.3 Å². The Bertz CT molecular complexity index is 991. The second-order valence-corrected chi connectivity index (χ2v) is 7.57. The lowest BCUT2D eigenvalue weighted by Crippen LogP contribution is -2.41. The molecule has 5 nitrogen and oxygen atoms in total. The minimum absolute atomic E-state index is 0.392. The highest BCUT2D eigenvalue weighted by molar-refractivity contribution is 6.62. The van der Waals surface area contributed by atoms with Crippen LogP contribution < -0.4 is 5.46 Å². The molecule has 2 aromatic rings. The van der Waals surface area contributed by atoms with E-state index in [1.807, 2.05) is 33.8 Å². The van der Waals surface area contributed by atoms with Gasteiger partial charge in [0.1, 0.15) is 0 Å². The summed E-state index contributed by atoms with van der Waals surface area (Å²) in [5, 5.41) is 27.9. The minimum Gasteiger partial charge on any atom is -0.399 e. The number of hydrogen-bond donors (Lipinski definition) is 0. The Morgan fingerprint density at radius 3 is 1.52 bits per heavy atom. The number of rotatable bonds is 2. The number of nitriles is 3. The van der Waals surface area contributed by atoms with Gasteiger partial charge in [0, 0.05) is 0 Å². The topological polar surface area (TPSA) is 89.8 Å². The van der Waals surface area contributed by atoms with Crippen molar-refractivity contribution in [1.29, 1.82) is 15.8 Å². The van der Waals surface area contributed by atoms with Crippen LogP contribution in [0, 0.1) is 34.0 Å². The first-order valence-corrected chi connectivity index (χ1v) is 8.55. The van der Waals surface area contributed by atoms with Crippen LogP contribution in [0.15, 0.2) is 36.4 Å². The van der Waals surface area contributed by atoms with Crippen molar-refractivity contribution in [2.45, 2.75) is 38.9 Å². The molecule has 27 heavy (non-hydrogen) atoms. The third-order valence-corrected chi connectivity index (χ3v) is 5.13. The van der Waals surface area contributed by atoms with E-state index in [0.717, 1.165) is 11.0 Å². The van der Waals surface area contributed by atoms with Gasteiger partial charge >= 0.3 is 7.12 Å². The van der Waals surface area contributed by atoms with Crippen molar-refractivity contribution in [3.05, 3.63) is 53.1 Å². The van der Waals surface area contributed by atoms with Gasteiger partial charge in [-0.3, -0.25) is 0 Å². The van der Waals surface area contributed by atoms with Crippen LogP contribution in [0.1, 0.15) is 44.4 Å². The molecule has 1 aliphatic rings. The summed E-state index contributed by atoms with van der Waals surface area (Å²) in [5.41, 5.74) is 2.41. The van der Waals surface area contributed by atoms with Crippen LogP contribution in [-0.2, 0) is 9.31 Å². The fourth-order valence-electron chi connectivity index (χ4n) is 2.92. The Balaban J connectivity index is 2.11. The van der Waals surface area contributed by atoms with Crippen LogP contribution in [0.2, 0.25) is 0 Å². The number of benzene rings is 2. The molecule has 1 aliphatic heterocycles. The van der Waals surface area contributed by atoms with Crippen molar-refractivity contribution in [3.63, 3.8) is 0 Å². The first-order chi connectivity index (χ1) is 12.7. The highest BCUT2D eigenvalue weighted by atomic mass is 16.7. The van der Waals surface area contributed by atoms with Gasteiger partial charge in [0.2, 0.25) is 0 Å². The highest BCUT2D eigenvalue weighted by Gasteiger charge is 2.51. The summed E-state index contributed by atoms with van der Waals surface area (Å²) in [6.45, 7) is 7.88. The molecule has 0 spiro atoms. The number of nitrogens with zero attached hydrogens (tertiary/aromatic N) is 3. The quantitative estimate of drug-likeness (QED) is 0.772. The molecule has 0 unspecified atom stereocenters. The first kappa shape index (κ1) is 18.7. The predicted molar refractivity (Wildman–Crippen MR) is 102 cm³/mol. The molecule has 2 aromatic carbocycles. The molecule has 0 aromatic heterocycles. The Labute approximate surface area is 159 Å². The lowest BCUT2D eigenvalue weighted by atomic mass is 9.77. The van der Waals surface area contributed by atoms with Crippen LogP contribution >= 0.6 is 0 Å². The molecule has 132 valence electrons. The maximum absolute atomic E-state index is 9.45. The van der Waals surface area contributed by atoms with Gasteiger partial charge in [-0.1, -0.05) is 6.07 Å². The first-order valence-electron chi connectivity index (χ1n) is 8.55. The fraction of sp³-hybridized carbons (Fsp3) is 0.286. The Morgan fingerprint density at radius 2 is 1.07 bits per heavy atom. The molecular formula is C21H18BN3O2. The molecule has 1 heterocycles. The van der Waals surface area contributed by atoms with E-state index in [9.17, 15) is 15.8 Å². The Morgan fingerprint density at radius 1 is 0.667 bits per heavy atom. The molecule has 0 bridgehead atoms. The summed E-state index contributed by atoms with van der Waals surface area (Å²) in [4.78, 5) is 0. The third kappa shape index (κ3) is 3.44. The maximum atomic E-state index is 9.45. The zero-order valence-electron chi connectivity index (χ0n) is 15.7. The summed E-state index contributed by atoms with van der Waals surface area (Å²) in [6.07, 6.45) is 0. The number of hydrogen-bond acceptors (Lipinski definition) is 5. The van der Waals surface area contributed by atoms with Gasteiger partial charge in [0.15, 0.2) is 0 Å². The monoisotopic (exact) mass is 355 g/mol. The average Bonchev–Trinajstić information content (AvgIpc) is 2.88. The molecule has 0 aliphatic carbocycles. The van der Waals surface area contributed by atoms with Crippen molar-refractivity contribution in [2.75, 3.05) is 0 Å². The minimum atomic E-state index is -0.600. The molecule has 1 saturated heterocycles. The SMILES string of the molecule is CC1(C)OB(c2cc(C#N)cc(-c3cc(C#N)cc(C#N)c3)c2)OC1(C)C. The van der Waals surface area contributed by atoms with Crippen LogP contribution in [0.25, 0.3) is 11.1 Å². The summed E-state index contributed by atoms with van der Waals surface area (Å²) in [5.74, 6) is 0. The molecule has 0 amide bonds. The second kappa shape index (κ2) is 6.56. The van der Waals surface area contributed by atoms with Crippen molar-refractivity contribution in [3.8, 4) is 29.3 Å². The molecule has 0 atom stereocenters. The van der Waals surface area contributed by atoms with Crippen LogP contribution in [0.3, 0.4) is 0 Å². The molecule has 6 heteroatoms. The van der Waals surface area contributed by atoms with Gasteiger partial charge in [0.25, 0.3) is 0 Å². The van der Waals surface area contributed by atoms with E-state index in [2.05, 4.69) is 18.2 Å². The van der Waals surface area contributed by atoms with Gasteiger partial charge in [-0.25, -0.2) is 0 Å². The van der Waals surface area contributed by atoms with E-state index in [1.165, 1.54) is 6.07 Å². The van der Waals surface area contributed by atoms with Gasteiger partial charge in [-0.15, -0.1) is 0 Å². The summed E-state index contributed by atoms with van der Waals surface area (Å²) in [7, 11) is -0.600. The molecule has 0 saturated carbocycles. The molecule has 3 rings (SSSR count). The van der Waals surface area contributed by atoms with Gasteiger partial charge in [0.05, 0.1) is 46.1 Å². The van der Waals surface area contributed by atoms with Crippen LogP contribution in [0.5, 0.6) is 0 Å². The maximum Gasteiger partial charge on any atom is 0.494 e. The summed E-state index contributed by atoms with van der Waals surface area (Å²) >= 11 is 0. The second-order valence-electron chi connectivity index (χ2n) is 7.57. The largest absolute Gasteiger partial charge is 0.494 e. The van der Waals surface area contributed by atoms with Gasteiger partial charge < -0.3 is 9.31 Å². The Hall–Kier alpha value is -3.11. The fourth-order valence-corrected chi connectivity index (χ4v) is 2.92. The summed E-state index contributed by atoms with van der Waals surface area (Å²) < 4.78 is 12.2. The average molecular weight is 355 g/mol. The molecule has 0 N–H and O–H groups in total. The van der Waals surface area contributed by atoms with E-state index in [1.54, 1.807) is 24.3 Å². The highest BCUT2D eigenvalue weighted by Crippen LogP contribution is 2.36. The summed E-state index contributed by atoms with van der Waals surface area (Å²) in [6, 6.07) is 16.6. The van der Waals surface area contributed by atoms with Crippen molar-refractivity contribution in [1.82, 2.24) is 0 Å². The normalized spacial score (nSPS) is 17.0. The van der Waals surface area contributed by atoms with E-state index in [4.69, 9.17) is 9.31 Å². The molecule has 0 radical (unpaired) electrons. The lowest BCUT2D eigenvalue weighted by Gasteiger charge is -2.32. The molecule has 1 fully saturated rings. The zero-order valence-corrected chi connectivity index (χ0v) is 15.7. The van der Waals surface area contributed by atoms with E-state index in [0.29, 0.717) is 22.3 Å². The van der Waals surface area contributed by atoms with Crippen molar-refractivity contribution < 1.29 is 9.31 Å². The zero-order chi connectivity index (χ0) is 19.8. The lowest BCUT2D eigenvalue weighted by molar-refractivity contribution is 0.00578. The van der Waals surface area contributed by atoms with Gasteiger partial charge in [-0.05, 0) is 74.6 Å². The smallest absolute Gasteiger partial charge is 0.399 e. The van der Waals surface area contributed by atoms with Crippen molar-refractivity contribution >= 4 is 12.6 Å². The third-order valence-electron chi connectivity index (χ3n) is 5.13. The standard InChI is InChI=1S/C21H18BN3O2/c1-20(2)21(3,4)27-22(26-20)19-9-16(13-25)8-18(10-19)17-6-14(11-23)5-15(7-17)12-24/h5-10H,1-4H3. The van der Waals surface area contributed by atoms with Gasteiger partial charge in [-0.2, -0.15) is 15.8 Å². The van der Waals surface area contributed by atoms with Crippen molar-refractivity contribution in [2.24, 2.45) is 0 Å².